The predicted molar refractivity (Wildman–Crippen MR) is 59.7 cm³/mol. The van der Waals surface area contributed by atoms with Crippen molar-refractivity contribution >= 4 is 5.91 Å². The molecule has 1 rings (SSSR count). The third-order valence-corrected chi connectivity index (χ3v) is 2.60. The Kier molecular flexibility index (Phi) is 5.65. The minimum absolute atomic E-state index is 0.0769. The van der Waals surface area contributed by atoms with Crippen LogP contribution in [0.4, 0.5) is 0 Å². The molecule has 1 aliphatic rings. The van der Waals surface area contributed by atoms with Gasteiger partial charge in [0, 0.05) is 38.3 Å². The van der Waals surface area contributed by atoms with E-state index in [1.54, 1.807) is 0 Å². The van der Waals surface area contributed by atoms with E-state index < -0.39 is 0 Å². The van der Waals surface area contributed by atoms with Crippen molar-refractivity contribution in [3.63, 3.8) is 0 Å². The molecule has 0 spiro atoms. The fourth-order valence-electron chi connectivity index (χ4n) is 1.57. The van der Waals surface area contributed by atoms with Gasteiger partial charge in [0.15, 0.2) is 0 Å². The van der Waals surface area contributed by atoms with Gasteiger partial charge >= 0.3 is 0 Å². The lowest BCUT2D eigenvalue weighted by Crippen LogP contribution is -2.40. The molecule has 0 aromatic carbocycles. The summed E-state index contributed by atoms with van der Waals surface area (Å²) < 4.78 is 5.27. The zero-order valence-corrected chi connectivity index (χ0v) is 9.71. The molecular formula is C11H22N2O2. The summed E-state index contributed by atoms with van der Waals surface area (Å²) in [5, 5.41) is 6.31. The van der Waals surface area contributed by atoms with Gasteiger partial charge in [0.2, 0.25) is 5.91 Å². The van der Waals surface area contributed by atoms with Crippen LogP contribution in [-0.2, 0) is 9.53 Å². The van der Waals surface area contributed by atoms with Crippen molar-refractivity contribution < 1.29 is 9.53 Å². The average Bonchev–Trinajstić information content (AvgIpc) is 2.25. The zero-order chi connectivity index (χ0) is 11.1. The first-order valence-corrected chi connectivity index (χ1v) is 5.79. The van der Waals surface area contributed by atoms with Gasteiger partial charge in [-0.3, -0.25) is 4.79 Å². The summed E-state index contributed by atoms with van der Waals surface area (Å²) >= 11 is 0. The molecule has 0 aliphatic carbocycles. The SMILES string of the molecule is CC(C)C(=O)NCCNC1CCOCC1. The summed E-state index contributed by atoms with van der Waals surface area (Å²) in [7, 11) is 0. The molecule has 0 radical (unpaired) electrons. The molecule has 0 atom stereocenters. The van der Waals surface area contributed by atoms with E-state index in [9.17, 15) is 4.79 Å². The molecule has 0 unspecified atom stereocenters. The third-order valence-electron chi connectivity index (χ3n) is 2.60. The molecule has 1 saturated heterocycles. The van der Waals surface area contributed by atoms with Crippen LogP contribution in [0, 0.1) is 5.92 Å². The molecule has 0 aromatic heterocycles. The molecule has 88 valence electrons. The maximum atomic E-state index is 11.2. The molecule has 1 aliphatic heterocycles. The first kappa shape index (κ1) is 12.5. The molecule has 4 heteroatoms. The van der Waals surface area contributed by atoms with Gasteiger partial charge in [0.1, 0.15) is 0 Å². The lowest BCUT2D eigenvalue weighted by atomic mass is 10.1. The van der Waals surface area contributed by atoms with Crippen molar-refractivity contribution in [1.29, 1.82) is 0 Å². The number of nitrogens with one attached hydrogen (secondary N) is 2. The zero-order valence-electron chi connectivity index (χ0n) is 9.71. The minimum atomic E-state index is 0.0769. The van der Waals surface area contributed by atoms with Crippen LogP contribution < -0.4 is 10.6 Å². The lowest BCUT2D eigenvalue weighted by molar-refractivity contribution is -0.123. The molecule has 1 heterocycles. The van der Waals surface area contributed by atoms with Gasteiger partial charge in [0.05, 0.1) is 0 Å². The standard InChI is InChI=1S/C11H22N2O2/c1-9(2)11(14)13-6-5-12-10-3-7-15-8-4-10/h9-10,12H,3-8H2,1-2H3,(H,13,14). The van der Waals surface area contributed by atoms with Crippen LogP contribution in [0.5, 0.6) is 0 Å². The van der Waals surface area contributed by atoms with Gasteiger partial charge in [-0.25, -0.2) is 0 Å². The molecule has 4 nitrogen and oxygen atoms in total. The van der Waals surface area contributed by atoms with Gasteiger partial charge in [-0.15, -0.1) is 0 Å². The fraction of sp³-hybridized carbons (Fsp3) is 0.909. The highest BCUT2D eigenvalue weighted by atomic mass is 16.5. The molecule has 1 fully saturated rings. The second-order valence-corrected chi connectivity index (χ2v) is 4.29. The highest BCUT2D eigenvalue weighted by Crippen LogP contribution is 2.05. The Bertz CT molecular complexity index is 189. The van der Waals surface area contributed by atoms with Crippen molar-refractivity contribution in [3.8, 4) is 0 Å². The van der Waals surface area contributed by atoms with E-state index in [0.717, 1.165) is 32.6 Å². The highest BCUT2D eigenvalue weighted by molar-refractivity contribution is 5.77. The number of hydrogen-bond donors (Lipinski definition) is 2. The molecule has 1 amide bonds. The van der Waals surface area contributed by atoms with Crippen molar-refractivity contribution in [2.24, 2.45) is 5.92 Å². The van der Waals surface area contributed by atoms with E-state index >= 15 is 0 Å². The van der Waals surface area contributed by atoms with Crippen LogP contribution in [0.15, 0.2) is 0 Å². The van der Waals surface area contributed by atoms with E-state index in [0.29, 0.717) is 12.6 Å². The molecule has 15 heavy (non-hydrogen) atoms. The summed E-state index contributed by atoms with van der Waals surface area (Å²) in [6, 6.07) is 0.565. The van der Waals surface area contributed by atoms with E-state index in [1.165, 1.54) is 0 Å². The fourth-order valence-corrected chi connectivity index (χ4v) is 1.57. The largest absolute Gasteiger partial charge is 0.381 e. The van der Waals surface area contributed by atoms with Crippen LogP contribution in [0.1, 0.15) is 26.7 Å². The summed E-state index contributed by atoms with van der Waals surface area (Å²) in [6.45, 7) is 7.09. The first-order chi connectivity index (χ1) is 7.20. The van der Waals surface area contributed by atoms with Crippen molar-refractivity contribution in [2.75, 3.05) is 26.3 Å². The van der Waals surface area contributed by atoms with Gasteiger partial charge < -0.3 is 15.4 Å². The quantitative estimate of drug-likeness (QED) is 0.656. The Balaban J connectivity index is 1.98. The second kappa shape index (κ2) is 6.80. The number of carbonyl (C=O) groups is 1. The normalized spacial score (nSPS) is 18.1. The predicted octanol–water partition coefficient (Wildman–Crippen LogP) is 0.527. The molecular weight excluding hydrogens is 192 g/mol. The number of ether oxygens (including phenoxy) is 1. The maximum absolute atomic E-state index is 11.2. The van der Waals surface area contributed by atoms with Crippen LogP contribution in [0.25, 0.3) is 0 Å². The van der Waals surface area contributed by atoms with Gasteiger partial charge in [0.25, 0.3) is 0 Å². The van der Waals surface area contributed by atoms with E-state index in [-0.39, 0.29) is 11.8 Å². The van der Waals surface area contributed by atoms with Crippen molar-refractivity contribution in [2.45, 2.75) is 32.7 Å². The van der Waals surface area contributed by atoms with E-state index in [4.69, 9.17) is 4.74 Å². The lowest BCUT2D eigenvalue weighted by Gasteiger charge is -2.23. The summed E-state index contributed by atoms with van der Waals surface area (Å²) in [6.07, 6.45) is 2.16. The maximum Gasteiger partial charge on any atom is 0.222 e. The smallest absolute Gasteiger partial charge is 0.222 e. The average molecular weight is 214 g/mol. The number of amides is 1. The Labute approximate surface area is 91.8 Å². The first-order valence-electron chi connectivity index (χ1n) is 5.79. The molecule has 0 saturated carbocycles. The topological polar surface area (TPSA) is 50.4 Å². The van der Waals surface area contributed by atoms with Crippen molar-refractivity contribution in [3.05, 3.63) is 0 Å². The highest BCUT2D eigenvalue weighted by Gasteiger charge is 2.12. The summed E-state index contributed by atoms with van der Waals surface area (Å²) in [4.78, 5) is 11.2. The van der Waals surface area contributed by atoms with E-state index in [2.05, 4.69) is 10.6 Å². The number of hydrogen-bond acceptors (Lipinski definition) is 3. The summed E-state index contributed by atoms with van der Waals surface area (Å²) in [5.41, 5.74) is 0. The minimum Gasteiger partial charge on any atom is -0.381 e. The number of carbonyl (C=O) groups excluding carboxylic acids is 1. The molecule has 0 bridgehead atoms. The van der Waals surface area contributed by atoms with Crippen LogP contribution in [-0.4, -0.2) is 38.3 Å². The molecule has 0 aromatic rings. The monoisotopic (exact) mass is 214 g/mol. The Hall–Kier alpha value is -0.610. The summed E-state index contributed by atoms with van der Waals surface area (Å²) in [5.74, 6) is 0.205. The Morgan fingerprint density at radius 1 is 1.33 bits per heavy atom. The van der Waals surface area contributed by atoms with Gasteiger partial charge in [-0.1, -0.05) is 13.8 Å². The second-order valence-electron chi connectivity index (χ2n) is 4.29. The van der Waals surface area contributed by atoms with Gasteiger partial charge in [-0.2, -0.15) is 0 Å². The van der Waals surface area contributed by atoms with E-state index in [1.807, 2.05) is 13.8 Å². The Morgan fingerprint density at radius 2 is 2.00 bits per heavy atom. The van der Waals surface area contributed by atoms with Crippen LogP contribution in [0.3, 0.4) is 0 Å². The molecule has 2 N–H and O–H groups in total. The van der Waals surface area contributed by atoms with Crippen LogP contribution >= 0.6 is 0 Å². The third kappa shape index (κ3) is 5.14. The number of rotatable bonds is 5. The van der Waals surface area contributed by atoms with Crippen molar-refractivity contribution in [1.82, 2.24) is 10.6 Å². The van der Waals surface area contributed by atoms with Crippen LogP contribution in [0.2, 0.25) is 0 Å². The Morgan fingerprint density at radius 3 is 2.60 bits per heavy atom. The van der Waals surface area contributed by atoms with Gasteiger partial charge in [-0.05, 0) is 12.8 Å².